The van der Waals surface area contributed by atoms with Crippen molar-refractivity contribution in [1.29, 1.82) is 0 Å². The number of methoxy groups -OCH3 is 1. The Morgan fingerprint density at radius 2 is 1.61 bits per heavy atom. The van der Waals surface area contributed by atoms with Gasteiger partial charge in [-0.2, -0.15) is 0 Å². The lowest BCUT2D eigenvalue weighted by atomic mass is 10.0. The molecule has 1 atom stereocenters. The number of ether oxygens (including phenoxy) is 1. The number of benzene rings is 3. The largest absolute Gasteiger partial charge is 0.497 e. The Hall–Kier alpha value is -3.27. The van der Waals surface area contributed by atoms with Crippen LogP contribution in [0.3, 0.4) is 0 Å². The molecular weight excluding hydrogens is 585 g/mol. The van der Waals surface area contributed by atoms with Gasteiger partial charge in [-0.15, -0.1) is 0 Å². The molecule has 0 aliphatic heterocycles. The fourth-order valence-corrected chi connectivity index (χ4v) is 5.52. The van der Waals surface area contributed by atoms with Crippen molar-refractivity contribution in [2.75, 3.05) is 24.2 Å². The van der Waals surface area contributed by atoms with Crippen LogP contribution in [-0.2, 0) is 32.6 Å². The number of hydrogen-bond donors (Lipinski definition) is 1. The summed E-state index contributed by atoms with van der Waals surface area (Å²) in [5.41, 5.74) is 1.09. The Labute approximate surface area is 252 Å². The summed E-state index contributed by atoms with van der Waals surface area (Å²) in [5.74, 6) is -0.424. The Morgan fingerprint density at radius 1 is 0.976 bits per heavy atom. The summed E-state index contributed by atoms with van der Waals surface area (Å²) < 4.78 is 32.0. The zero-order chi connectivity index (χ0) is 30.4. The van der Waals surface area contributed by atoms with Gasteiger partial charge in [0, 0.05) is 28.5 Å². The number of nitrogens with zero attached hydrogens (tertiary/aromatic N) is 2. The third-order valence-corrected chi connectivity index (χ3v) is 7.89. The van der Waals surface area contributed by atoms with E-state index in [4.69, 9.17) is 27.9 Å². The van der Waals surface area contributed by atoms with E-state index >= 15 is 0 Å². The van der Waals surface area contributed by atoms with Gasteiger partial charge in [-0.25, -0.2) is 8.42 Å². The molecule has 8 nitrogen and oxygen atoms in total. The number of halogens is 2. The summed E-state index contributed by atoms with van der Waals surface area (Å²) in [4.78, 5) is 29.3. The average molecular weight is 621 g/mol. The molecule has 0 unspecified atom stereocenters. The van der Waals surface area contributed by atoms with Crippen LogP contribution < -0.4 is 14.4 Å². The predicted octanol–water partition coefficient (Wildman–Crippen LogP) is 5.32. The first-order chi connectivity index (χ1) is 19.2. The standard InChI is InChI=1S/C30H35Cl2N3O5S/c1-30(2,3)33-29(37)27(17-21-9-7-6-8-10-21)34(19-22-11-12-23(31)18-26(22)32)28(36)20-35(41(5,38)39)24-13-15-25(40-4)16-14-24/h6-16,18,27H,17,19-20H2,1-5H3,(H,33,37)/t27-/m0/s1. The van der Waals surface area contributed by atoms with Crippen molar-refractivity contribution in [1.82, 2.24) is 10.2 Å². The van der Waals surface area contributed by atoms with Crippen molar-refractivity contribution < 1.29 is 22.7 Å². The molecule has 0 aliphatic carbocycles. The third kappa shape index (κ3) is 9.38. The van der Waals surface area contributed by atoms with Crippen LogP contribution in [0.4, 0.5) is 5.69 Å². The Balaban J connectivity index is 2.09. The van der Waals surface area contributed by atoms with Crippen molar-refractivity contribution >= 4 is 50.7 Å². The van der Waals surface area contributed by atoms with Gasteiger partial charge in [-0.1, -0.05) is 59.6 Å². The van der Waals surface area contributed by atoms with Crippen LogP contribution in [0, 0.1) is 0 Å². The summed E-state index contributed by atoms with van der Waals surface area (Å²) in [6.07, 6.45) is 1.22. The van der Waals surface area contributed by atoms with Gasteiger partial charge in [0.05, 0.1) is 19.1 Å². The molecule has 0 aromatic heterocycles. The van der Waals surface area contributed by atoms with E-state index in [1.54, 1.807) is 42.5 Å². The monoisotopic (exact) mass is 619 g/mol. The molecule has 0 spiro atoms. The zero-order valence-electron chi connectivity index (χ0n) is 23.7. The lowest BCUT2D eigenvalue weighted by Crippen LogP contribution is -2.56. The highest BCUT2D eigenvalue weighted by atomic mass is 35.5. The molecule has 0 fully saturated rings. The van der Waals surface area contributed by atoms with E-state index in [0.717, 1.165) is 16.1 Å². The van der Waals surface area contributed by atoms with E-state index in [9.17, 15) is 18.0 Å². The number of nitrogens with one attached hydrogen (secondary N) is 1. The van der Waals surface area contributed by atoms with Gasteiger partial charge in [-0.05, 0) is 68.3 Å². The number of carbonyl (C=O) groups is 2. The molecule has 1 N–H and O–H groups in total. The van der Waals surface area contributed by atoms with Crippen molar-refractivity contribution in [3.8, 4) is 5.75 Å². The zero-order valence-corrected chi connectivity index (χ0v) is 26.1. The molecule has 0 bridgehead atoms. The first-order valence-electron chi connectivity index (χ1n) is 12.9. The van der Waals surface area contributed by atoms with Crippen LogP contribution in [0.2, 0.25) is 10.0 Å². The Morgan fingerprint density at radius 3 is 2.15 bits per heavy atom. The molecule has 41 heavy (non-hydrogen) atoms. The summed E-state index contributed by atoms with van der Waals surface area (Å²) in [7, 11) is -2.38. The van der Waals surface area contributed by atoms with Gasteiger partial charge in [0.2, 0.25) is 21.8 Å². The number of hydrogen-bond acceptors (Lipinski definition) is 5. The van der Waals surface area contributed by atoms with E-state index < -0.39 is 34.1 Å². The van der Waals surface area contributed by atoms with Crippen LogP contribution in [0.1, 0.15) is 31.9 Å². The molecule has 3 aromatic rings. The smallest absolute Gasteiger partial charge is 0.244 e. The SMILES string of the molecule is COc1ccc(N(CC(=O)N(Cc2ccc(Cl)cc2Cl)[C@@H](Cc2ccccc2)C(=O)NC(C)(C)C)S(C)(=O)=O)cc1. The highest BCUT2D eigenvalue weighted by molar-refractivity contribution is 7.92. The predicted molar refractivity (Wildman–Crippen MR) is 164 cm³/mol. The highest BCUT2D eigenvalue weighted by Crippen LogP contribution is 2.26. The van der Waals surface area contributed by atoms with Crippen LogP contribution in [0.15, 0.2) is 72.8 Å². The van der Waals surface area contributed by atoms with Crippen LogP contribution >= 0.6 is 23.2 Å². The molecule has 11 heteroatoms. The maximum absolute atomic E-state index is 14.1. The summed E-state index contributed by atoms with van der Waals surface area (Å²) in [6, 6.07) is 19.6. The number of carbonyl (C=O) groups excluding carboxylic acids is 2. The molecule has 2 amide bonds. The van der Waals surface area contributed by atoms with Crippen LogP contribution in [0.5, 0.6) is 5.75 Å². The number of amides is 2. The summed E-state index contributed by atoms with van der Waals surface area (Å²) in [5, 5.41) is 3.72. The molecule has 3 rings (SSSR count). The second kappa shape index (κ2) is 13.6. The van der Waals surface area contributed by atoms with E-state index in [0.29, 0.717) is 21.4 Å². The molecule has 0 aliphatic rings. The van der Waals surface area contributed by atoms with Crippen molar-refractivity contribution in [3.05, 3.63) is 94.0 Å². The lowest BCUT2D eigenvalue weighted by molar-refractivity contribution is -0.140. The van der Waals surface area contributed by atoms with Gasteiger partial charge in [0.25, 0.3) is 0 Å². The minimum absolute atomic E-state index is 0.0515. The minimum atomic E-state index is -3.89. The first kappa shape index (κ1) is 32.2. The van der Waals surface area contributed by atoms with Crippen molar-refractivity contribution in [3.63, 3.8) is 0 Å². The molecule has 0 saturated heterocycles. The first-order valence-corrected chi connectivity index (χ1v) is 15.5. The van der Waals surface area contributed by atoms with E-state index in [1.807, 2.05) is 51.1 Å². The summed E-state index contributed by atoms with van der Waals surface area (Å²) in [6.45, 7) is 4.96. The van der Waals surface area contributed by atoms with Gasteiger partial charge < -0.3 is 15.0 Å². The number of rotatable bonds is 11. The molecule has 0 radical (unpaired) electrons. The van der Waals surface area contributed by atoms with E-state index in [2.05, 4.69) is 5.32 Å². The normalized spacial score (nSPS) is 12.4. The quantitative estimate of drug-likeness (QED) is 0.313. The maximum atomic E-state index is 14.1. The molecule has 3 aromatic carbocycles. The Bertz CT molecular complexity index is 1460. The third-order valence-electron chi connectivity index (χ3n) is 6.16. The molecule has 0 saturated carbocycles. The maximum Gasteiger partial charge on any atom is 0.244 e. The van der Waals surface area contributed by atoms with Gasteiger partial charge in [0.15, 0.2) is 0 Å². The molecular formula is C30H35Cl2N3O5S. The Kier molecular flexibility index (Phi) is 10.7. The molecule has 0 heterocycles. The fraction of sp³-hybridized carbons (Fsp3) is 0.333. The topological polar surface area (TPSA) is 96.0 Å². The van der Waals surface area contributed by atoms with Crippen LogP contribution in [-0.4, -0.2) is 56.6 Å². The van der Waals surface area contributed by atoms with E-state index in [1.165, 1.54) is 12.0 Å². The van der Waals surface area contributed by atoms with Crippen molar-refractivity contribution in [2.45, 2.75) is 45.3 Å². The van der Waals surface area contributed by atoms with Gasteiger partial charge >= 0.3 is 0 Å². The van der Waals surface area contributed by atoms with Crippen LogP contribution in [0.25, 0.3) is 0 Å². The number of anilines is 1. The number of sulfonamides is 1. The average Bonchev–Trinajstić information content (AvgIpc) is 2.89. The van der Waals surface area contributed by atoms with Crippen molar-refractivity contribution in [2.24, 2.45) is 0 Å². The van der Waals surface area contributed by atoms with Gasteiger partial charge in [-0.3, -0.25) is 13.9 Å². The minimum Gasteiger partial charge on any atom is -0.497 e. The fourth-order valence-electron chi connectivity index (χ4n) is 4.20. The second-order valence-corrected chi connectivity index (χ2v) is 13.4. The molecule has 220 valence electrons. The lowest BCUT2D eigenvalue weighted by Gasteiger charge is -2.35. The van der Waals surface area contributed by atoms with Gasteiger partial charge in [0.1, 0.15) is 18.3 Å². The summed E-state index contributed by atoms with van der Waals surface area (Å²) >= 11 is 12.6. The second-order valence-electron chi connectivity index (χ2n) is 10.7. The highest BCUT2D eigenvalue weighted by Gasteiger charge is 2.34. The van der Waals surface area contributed by atoms with E-state index in [-0.39, 0.29) is 24.6 Å².